The normalized spacial score (nSPS) is 25.2. The first kappa shape index (κ1) is 19.0. The van der Waals surface area contributed by atoms with Gasteiger partial charge < -0.3 is 19.3 Å². The predicted octanol–water partition coefficient (Wildman–Crippen LogP) is 2.52. The smallest absolute Gasteiger partial charge is 0.410 e. The van der Waals surface area contributed by atoms with Gasteiger partial charge in [-0.25, -0.2) is 4.79 Å². The van der Waals surface area contributed by atoms with Crippen LogP contribution in [-0.4, -0.2) is 67.3 Å². The highest BCUT2D eigenvalue weighted by molar-refractivity contribution is 5.79. The number of morpholine rings is 1. The quantitative estimate of drug-likeness (QED) is 0.792. The monoisotopic (exact) mass is 340 g/mol. The summed E-state index contributed by atoms with van der Waals surface area (Å²) < 4.78 is 10.7. The molecule has 1 saturated heterocycles. The van der Waals surface area contributed by atoms with E-state index in [-0.39, 0.29) is 17.9 Å². The van der Waals surface area contributed by atoms with Crippen LogP contribution in [-0.2, 0) is 14.3 Å². The van der Waals surface area contributed by atoms with E-state index in [4.69, 9.17) is 9.47 Å². The van der Waals surface area contributed by atoms with Crippen molar-refractivity contribution in [2.45, 2.75) is 52.1 Å². The van der Waals surface area contributed by atoms with Gasteiger partial charge in [0.25, 0.3) is 0 Å². The molecule has 6 heteroatoms. The first-order chi connectivity index (χ1) is 11.3. The van der Waals surface area contributed by atoms with Crippen molar-refractivity contribution in [3.63, 3.8) is 0 Å². The second-order valence-corrected chi connectivity index (χ2v) is 8.02. The summed E-state index contributed by atoms with van der Waals surface area (Å²) in [6.45, 7) is 9.08. The summed E-state index contributed by atoms with van der Waals surface area (Å²) >= 11 is 0. The number of carbonyl (C=O) groups is 2. The van der Waals surface area contributed by atoms with E-state index in [1.165, 1.54) is 0 Å². The van der Waals surface area contributed by atoms with Crippen molar-refractivity contribution in [3.05, 3.63) is 0 Å². The van der Waals surface area contributed by atoms with Crippen LogP contribution >= 0.6 is 0 Å². The third-order valence-electron chi connectivity index (χ3n) is 4.76. The maximum Gasteiger partial charge on any atom is 0.410 e. The SMILES string of the molecule is CN(C[C@H]1CC[C@H](C(=O)N2CCOCC2)CC1)C(=O)OC(C)(C)C. The molecule has 0 atom stereocenters. The van der Waals surface area contributed by atoms with Crippen LogP contribution in [0.25, 0.3) is 0 Å². The molecule has 2 aliphatic rings. The highest BCUT2D eigenvalue weighted by atomic mass is 16.6. The van der Waals surface area contributed by atoms with Gasteiger partial charge in [-0.05, 0) is 52.4 Å². The van der Waals surface area contributed by atoms with E-state index in [0.29, 0.717) is 25.7 Å². The number of ether oxygens (including phenoxy) is 2. The fraction of sp³-hybridized carbons (Fsp3) is 0.889. The molecule has 0 N–H and O–H groups in total. The van der Waals surface area contributed by atoms with Crippen molar-refractivity contribution < 1.29 is 19.1 Å². The molecule has 1 aliphatic carbocycles. The van der Waals surface area contributed by atoms with Crippen LogP contribution in [0.4, 0.5) is 4.79 Å². The van der Waals surface area contributed by atoms with Gasteiger partial charge in [0.1, 0.15) is 5.60 Å². The average molecular weight is 340 g/mol. The molecule has 6 nitrogen and oxygen atoms in total. The van der Waals surface area contributed by atoms with Gasteiger partial charge in [0.2, 0.25) is 5.91 Å². The Hall–Kier alpha value is -1.30. The number of hydrogen-bond acceptors (Lipinski definition) is 4. The van der Waals surface area contributed by atoms with E-state index in [0.717, 1.165) is 38.8 Å². The topological polar surface area (TPSA) is 59.1 Å². The van der Waals surface area contributed by atoms with E-state index in [9.17, 15) is 9.59 Å². The predicted molar refractivity (Wildman–Crippen MR) is 91.7 cm³/mol. The van der Waals surface area contributed by atoms with Gasteiger partial charge in [0.05, 0.1) is 13.2 Å². The summed E-state index contributed by atoms with van der Waals surface area (Å²) in [6, 6.07) is 0. The summed E-state index contributed by atoms with van der Waals surface area (Å²) in [5.74, 6) is 0.889. The highest BCUT2D eigenvalue weighted by Crippen LogP contribution is 2.31. The zero-order valence-corrected chi connectivity index (χ0v) is 15.5. The molecule has 0 unspecified atom stereocenters. The number of carbonyl (C=O) groups excluding carboxylic acids is 2. The fourth-order valence-corrected chi connectivity index (χ4v) is 3.44. The minimum absolute atomic E-state index is 0.145. The third kappa shape index (κ3) is 5.65. The Labute approximate surface area is 145 Å². The lowest BCUT2D eigenvalue weighted by Gasteiger charge is -2.35. The maximum atomic E-state index is 12.5. The molecule has 1 saturated carbocycles. The fourth-order valence-electron chi connectivity index (χ4n) is 3.44. The van der Waals surface area contributed by atoms with E-state index in [1.54, 1.807) is 11.9 Å². The van der Waals surface area contributed by atoms with Crippen molar-refractivity contribution >= 4 is 12.0 Å². The molecule has 0 aromatic rings. The van der Waals surface area contributed by atoms with Crippen molar-refractivity contribution in [1.82, 2.24) is 9.80 Å². The summed E-state index contributed by atoms with van der Waals surface area (Å²) in [5.41, 5.74) is -0.465. The Morgan fingerprint density at radius 2 is 1.71 bits per heavy atom. The molecular formula is C18H32N2O4. The van der Waals surface area contributed by atoms with E-state index in [1.807, 2.05) is 25.7 Å². The van der Waals surface area contributed by atoms with E-state index >= 15 is 0 Å². The van der Waals surface area contributed by atoms with Gasteiger partial charge in [-0.3, -0.25) is 4.79 Å². The first-order valence-corrected chi connectivity index (χ1v) is 9.07. The van der Waals surface area contributed by atoms with Crippen molar-refractivity contribution in [2.24, 2.45) is 11.8 Å². The highest BCUT2D eigenvalue weighted by Gasteiger charge is 2.31. The van der Waals surface area contributed by atoms with Gasteiger partial charge in [-0.1, -0.05) is 0 Å². The molecule has 1 aliphatic heterocycles. The summed E-state index contributed by atoms with van der Waals surface area (Å²) in [7, 11) is 1.79. The van der Waals surface area contributed by atoms with Crippen LogP contribution in [0.3, 0.4) is 0 Å². The third-order valence-corrected chi connectivity index (χ3v) is 4.76. The summed E-state index contributed by atoms with van der Waals surface area (Å²) in [4.78, 5) is 28.2. The largest absolute Gasteiger partial charge is 0.444 e. The molecule has 0 aromatic carbocycles. The van der Waals surface area contributed by atoms with Gasteiger partial charge in [0.15, 0.2) is 0 Å². The van der Waals surface area contributed by atoms with Crippen LogP contribution in [0.5, 0.6) is 0 Å². The van der Waals surface area contributed by atoms with Gasteiger partial charge in [-0.15, -0.1) is 0 Å². The summed E-state index contributed by atoms with van der Waals surface area (Å²) in [6.07, 6.45) is 3.56. The molecule has 0 bridgehead atoms. The molecule has 2 amide bonds. The first-order valence-electron chi connectivity index (χ1n) is 9.07. The van der Waals surface area contributed by atoms with Crippen LogP contribution in [0.1, 0.15) is 46.5 Å². The van der Waals surface area contributed by atoms with E-state index < -0.39 is 5.60 Å². The zero-order valence-electron chi connectivity index (χ0n) is 15.5. The van der Waals surface area contributed by atoms with Crippen LogP contribution in [0.15, 0.2) is 0 Å². The minimum Gasteiger partial charge on any atom is -0.444 e. The molecule has 0 spiro atoms. The zero-order chi connectivity index (χ0) is 17.7. The number of nitrogens with zero attached hydrogens (tertiary/aromatic N) is 2. The lowest BCUT2D eigenvalue weighted by atomic mass is 9.81. The second-order valence-electron chi connectivity index (χ2n) is 8.02. The van der Waals surface area contributed by atoms with Crippen LogP contribution in [0, 0.1) is 11.8 Å². The molecule has 0 aromatic heterocycles. The molecule has 2 fully saturated rings. The van der Waals surface area contributed by atoms with E-state index in [2.05, 4.69) is 0 Å². The van der Waals surface area contributed by atoms with Crippen molar-refractivity contribution in [3.8, 4) is 0 Å². The molecule has 24 heavy (non-hydrogen) atoms. The molecule has 0 radical (unpaired) electrons. The van der Waals surface area contributed by atoms with Crippen molar-refractivity contribution in [2.75, 3.05) is 39.9 Å². The van der Waals surface area contributed by atoms with Gasteiger partial charge in [-0.2, -0.15) is 0 Å². The maximum absolute atomic E-state index is 12.5. The summed E-state index contributed by atoms with van der Waals surface area (Å²) in [5, 5.41) is 0. The molecule has 138 valence electrons. The second kappa shape index (κ2) is 8.19. The lowest BCUT2D eigenvalue weighted by Crippen LogP contribution is -2.45. The minimum atomic E-state index is -0.465. The molecular weight excluding hydrogens is 308 g/mol. The number of hydrogen-bond donors (Lipinski definition) is 0. The Kier molecular flexibility index (Phi) is 6.49. The van der Waals surface area contributed by atoms with Gasteiger partial charge in [0, 0.05) is 32.6 Å². The lowest BCUT2D eigenvalue weighted by molar-refractivity contribution is -0.141. The van der Waals surface area contributed by atoms with Crippen molar-refractivity contribution in [1.29, 1.82) is 0 Å². The van der Waals surface area contributed by atoms with Crippen LogP contribution in [0.2, 0.25) is 0 Å². The Balaban J connectivity index is 1.74. The average Bonchev–Trinajstić information content (AvgIpc) is 2.54. The standard InChI is InChI=1S/C18H32N2O4/c1-18(2,3)24-17(22)19(4)13-14-5-7-15(8-6-14)16(21)20-9-11-23-12-10-20/h14-15H,5-13H2,1-4H3/t14-,15-. The van der Waals surface area contributed by atoms with Gasteiger partial charge >= 0.3 is 6.09 Å². The number of amides is 2. The number of rotatable bonds is 3. The Bertz CT molecular complexity index is 433. The van der Waals surface area contributed by atoms with Crippen LogP contribution < -0.4 is 0 Å². The molecule has 1 heterocycles. The Morgan fingerprint density at radius 3 is 2.25 bits per heavy atom. The molecule has 2 rings (SSSR count). The Morgan fingerprint density at radius 1 is 1.12 bits per heavy atom.